The van der Waals surface area contributed by atoms with Gasteiger partial charge in [0.1, 0.15) is 0 Å². The zero-order chi connectivity index (χ0) is 17.3. The fraction of sp³-hybridized carbons (Fsp3) is 0.579. The van der Waals surface area contributed by atoms with Gasteiger partial charge >= 0.3 is 0 Å². The molecule has 3 heterocycles. The first-order valence-corrected chi connectivity index (χ1v) is 10.0. The summed E-state index contributed by atoms with van der Waals surface area (Å²) in [6, 6.07) is 6.21. The number of amides is 1. The second kappa shape index (κ2) is 6.92. The maximum atomic E-state index is 12.8. The van der Waals surface area contributed by atoms with Crippen molar-refractivity contribution in [1.29, 1.82) is 0 Å². The van der Waals surface area contributed by atoms with Crippen LogP contribution in [0.4, 0.5) is 0 Å². The van der Waals surface area contributed by atoms with Gasteiger partial charge in [0.2, 0.25) is 5.91 Å². The average Bonchev–Trinajstić information content (AvgIpc) is 3.38. The number of hydrogen-bond donors (Lipinski definition) is 1. The lowest BCUT2D eigenvalue weighted by molar-refractivity contribution is -0.128. The van der Waals surface area contributed by atoms with Gasteiger partial charge in [-0.1, -0.05) is 12.5 Å². The highest BCUT2D eigenvalue weighted by Crippen LogP contribution is 2.50. The van der Waals surface area contributed by atoms with E-state index in [9.17, 15) is 4.79 Å². The molecule has 1 aliphatic heterocycles. The second-order valence-corrected chi connectivity index (χ2v) is 8.54. The maximum absolute atomic E-state index is 12.8. The van der Waals surface area contributed by atoms with Crippen molar-refractivity contribution in [2.45, 2.75) is 38.8 Å². The van der Waals surface area contributed by atoms with Crippen molar-refractivity contribution in [3.8, 4) is 0 Å². The van der Waals surface area contributed by atoms with Crippen molar-refractivity contribution in [3.63, 3.8) is 0 Å². The number of rotatable bonds is 5. The lowest BCUT2D eigenvalue weighted by Gasteiger charge is -2.30. The van der Waals surface area contributed by atoms with E-state index in [1.807, 2.05) is 24.0 Å². The topological polar surface area (TPSA) is 50.2 Å². The Hall–Kier alpha value is -1.66. The van der Waals surface area contributed by atoms with Crippen molar-refractivity contribution in [1.82, 2.24) is 20.0 Å². The molecule has 2 atom stereocenters. The van der Waals surface area contributed by atoms with E-state index in [1.54, 1.807) is 11.3 Å². The van der Waals surface area contributed by atoms with Crippen LogP contribution in [0.3, 0.4) is 0 Å². The van der Waals surface area contributed by atoms with Crippen LogP contribution in [0.5, 0.6) is 0 Å². The van der Waals surface area contributed by atoms with Gasteiger partial charge in [0.25, 0.3) is 0 Å². The summed E-state index contributed by atoms with van der Waals surface area (Å²) in [6.45, 7) is 3.72. The van der Waals surface area contributed by atoms with Crippen LogP contribution in [0.15, 0.2) is 29.8 Å². The molecule has 2 aliphatic rings. The molecule has 0 bridgehead atoms. The molecule has 1 saturated heterocycles. The molecule has 134 valence electrons. The minimum Gasteiger partial charge on any atom is -0.351 e. The molecule has 2 aromatic heterocycles. The van der Waals surface area contributed by atoms with E-state index in [2.05, 4.69) is 32.8 Å². The van der Waals surface area contributed by atoms with Crippen LogP contribution in [-0.4, -0.2) is 33.7 Å². The van der Waals surface area contributed by atoms with E-state index < -0.39 is 0 Å². The Morgan fingerprint density at radius 1 is 1.44 bits per heavy atom. The van der Waals surface area contributed by atoms with Crippen molar-refractivity contribution >= 4 is 17.2 Å². The molecule has 5 nitrogen and oxygen atoms in total. The molecule has 25 heavy (non-hydrogen) atoms. The van der Waals surface area contributed by atoms with Gasteiger partial charge in [-0.25, -0.2) is 0 Å². The van der Waals surface area contributed by atoms with Crippen LogP contribution in [0.1, 0.15) is 36.3 Å². The largest absolute Gasteiger partial charge is 0.351 e. The van der Waals surface area contributed by atoms with E-state index in [1.165, 1.54) is 23.4 Å². The fourth-order valence-electron chi connectivity index (χ4n) is 4.65. The van der Waals surface area contributed by atoms with E-state index >= 15 is 0 Å². The van der Waals surface area contributed by atoms with Gasteiger partial charge in [-0.05, 0) is 48.7 Å². The van der Waals surface area contributed by atoms with Gasteiger partial charge in [-0.2, -0.15) is 5.10 Å². The van der Waals surface area contributed by atoms with Crippen LogP contribution in [0.25, 0.3) is 0 Å². The molecule has 2 aromatic rings. The molecule has 4 rings (SSSR count). The number of thiophene rings is 1. The molecular formula is C19H26N4OS. The highest BCUT2D eigenvalue weighted by Gasteiger charge is 2.50. The average molecular weight is 359 g/mol. The van der Waals surface area contributed by atoms with Crippen molar-refractivity contribution in [3.05, 3.63) is 40.3 Å². The summed E-state index contributed by atoms with van der Waals surface area (Å²) in [7, 11) is 2.00. The van der Waals surface area contributed by atoms with Crippen LogP contribution in [-0.2, 0) is 24.9 Å². The number of hydrogen-bond acceptors (Lipinski definition) is 4. The van der Waals surface area contributed by atoms with Crippen molar-refractivity contribution in [2.24, 2.45) is 18.4 Å². The Kier molecular flexibility index (Phi) is 4.65. The van der Waals surface area contributed by atoms with E-state index in [0.29, 0.717) is 6.54 Å². The molecule has 1 N–H and O–H groups in total. The standard InChI is InChI=1S/C19H26N4OS/c1-22-15(6-9-21-22)13-23-10-8-19(14-23)7-2-5-17(19)18(24)20-12-16-4-3-11-25-16/h3-4,6,9,11,17H,2,5,7-8,10,12-14H2,1H3,(H,20,24)/t17-,19+/m0/s1. The normalized spacial score (nSPS) is 26.5. The van der Waals surface area contributed by atoms with Crippen LogP contribution >= 0.6 is 11.3 Å². The van der Waals surface area contributed by atoms with Gasteiger partial charge in [-0.3, -0.25) is 14.4 Å². The smallest absolute Gasteiger partial charge is 0.224 e. The summed E-state index contributed by atoms with van der Waals surface area (Å²) in [5.41, 5.74) is 1.42. The monoisotopic (exact) mass is 358 g/mol. The van der Waals surface area contributed by atoms with Gasteiger partial charge in [-0.15, -0.1) is 11.3 Å². The summed E-state index contributed by atoms with van der Waals surface area (Å²) in [5.74, 6) is 0.428. The SMILES string of the molecule is Cn1nccc1CN1CC[C@]2(CCC[C@H]2C(=O)NCc2cccs2)C1. The Balaban J connectivity index is 1.38. The third-order valence-electron chi connectivity index (χ3n) is 6.01. The third kappa shape index (κ3) is 3.37. The molecule has 0 aromatic carbocycles. The minimum atomic E-state index is 0.170. The van der Waals surface area contributed by atoms with Gasteiger partial charge < -0.3 is 5.32 Å². The van der Waals surface area contributed by atoms with Crippen LogP contribution < -0.4 is 5.32 Å². The lowest BCUT2D eigenvalue weighted by atomic mass is 9.76. The maximum Gasteiger partial charge on any atom is 0.224 e. The molecule has 2 fully saturated rings. The Labute approximate surface area is 153 Å². The predicted molar refractivity (Wildman–Crippen MR) is 99.0 cm³/mol. The molecule has 1 saturated carbocycles. The fourth-order valence-corrected chi connectivity index (χ4v) is 5.30. The number of aryl methyl sites for hydroxylation is 1. The number of nitrogens with zero attached hydrogens (tertiary/aromatic N) is 3. The Morgan fingerprint density at radius 3 is 3.12 bits per heavy atom. The summed E-state index contributed by atoms with van der Waals surface area (Å²) < 4.78 is 1.95. The minimum absolute atomic E-state index is 0.170. The number of likely N-dealkylation sites (tertiary alicyclic amines) is 1. The highest BCUT2D eigenvalue weighted by molar-refractivity contribution is 7.09. The Bertz CT molecular complexity index is 726. The molecular weight excluding hydrogens is 332 g/mol. The summed E-state index contributed by atoms with van der Waals surface area (Å²) >= 11 is 1.70. The Morgan fingerprint density at radius 2 is 2.36 bits per heavy atom. The molecule has 6 heteroatoms. The van der Waals surface area contributed by atoms with Gasteiger partial charge in [0.05, 0.1) is 12.2 Å². The van der Waals surface area contributed by atoms with Crippen LogP contribution in [0, 0.1) is 11.3 Å². The molecule has 0 unspecified atom stereocenters. The number of carbonyl (C=O) groups excluding carboxylic acids is 1. The van der Waals surface area contributed by atoms with E-state index in [4.69, 9.17) is 0 Å². The molecule has 1 aliphatic carbocycles. The van der Waals surface area contributed by atoms with Crippen molar-refractivity contribution < 1.29 is 4.79 Å². The van der Waals surface area contributed by atoms with Gasteiger partial charge in [0, 0.05) is 37.1 Å². The lowest BCUT2D eigenvalue weighted by Crippen LogP contribution is -2.40. The number of nitrogens with one attached hydrogen (secondary N) is 1. The first-order chi connectivity index (χ1) is 12.2. The molecule has 0 radical (unpaired) electrons. The first kappa shape index (κ1) is 16.8. The zero-order valence-corrected chi connectivity index (χ0v) is 15.6. The van der Waals surface area contributed by atoms with Crippen molar-refractivity contribution in [2.75, 3.05) is 13.1 Å². The van der Waals surface area contributed by atoms with E-state index in [0.717, 1.165) is 32.5 Å². The molecule has 1 spiro atoms. The van der Waals surface area contributed by atoms with Gasteiger partial charge in [0.15, 0.2) is 0 Å². The van der Waals surface area contributed by atoms with E-state index in [-0.39, 0.29) is 17.2 Å². The molecule has 1 amide bonds. The number of aromatic nitrogens is 2. The summed E-state index contributed by atoms with van der Waals surface area (Å²) in [5, 5.41) is 9.51. The number of carbonyl (C=O) groups is 1. The quantitative estimate of drug-likeness (QED) is 0.894. The van der Waals surface area contributed by atoms with Crippen LogP contribution in [0.2, 0.25) is 0 Å². The predicted octanol–water partition coefficient (Wildman–Crippen LogP) is 2.79. The summed E-state index contributed by atoms with van der Waals surface area (Å²) in [6.07, 6.45) is 6.40. The summed E-state index contributed by atoms with van der Waals surface area (Å²) in [4.78, 5) is 16.6. The second-order valence-electron chi connectivity index (χ2n) is 7.51. The first-order valence-electron chi connectivity index (χ1n) is 9.16. The highest BCUT2D eigenvalue weighted by atomic mass is 32.1. The third-order valence-corrected chi connectivity index (χ3v) is 6.89. The zero-order valence-electron chi connectivity index (χ0n) is 14.8.